The molecule has 5 nitrogen and oxygen atoms in total. The summed E-state index contributed by atoms with van der Waals surface area (Å²) in [4.78, 5) is 27.7. The molecule has 0 N–H and O–H groups in total. The third-order valence-electron chi connectivity index (χ3n) is 3.95. The van der Waals surface area contributed by atoms with Gasteiger partial charge in [0.1, 0.15) is 18.2 Å². The standard InChI is InChI=1S/C16H15N3O2S/c1-11-2-5-19(16(21)13(11)8-17)10-15(20)18-6-3-14-12(9-18)4-7-22-14/h2,4-5,7H,3,6,9-10H2,1H3. The van der Waals surface area contributed by atoms with E-state index in [1.807, 2.05) is 17.5 Å². The molecular weight excluding hydrogens is 298 g/mol. The molecule has 3 rings (SSSR count). The number of thiophene rings is 1. The Morgan fingerprint density at radius 1 is 1.45 bits per heavy atom. The summed E-state index contributed by atoms with van der Waals surface area (Å²) in [6.07, 6.45) is 2.45. The van der Waals surface area contributed by atoms with Crippen molar-refractivity contribution in [2.24, 2.45) is 0 Å². The molecular formula is C16H15N3O2S. The maximum absolute atomic E-state index is 12.4. The van der Waals surface area contributed by atoms with Crippen LogP contribution in [0.15, 0.2) is 28.5 Å². The normalized spacial score (nSPS) is 13.5. The zero-order valence-electron chi connectivity index (χ0n) is 12.2. The van der Waals surface area contributed by atoms with Crippen molar-refractivity contribution in [3.63, 3.8) is 0 Å². The van der Waals surface area contributed by atoms with Crippen LogP contribution in [0.1, 0.15) is 21.6 Å². The number of aromatic nitrogens is 1. The fourth-order valence-corrected chi connectivity index (χ4v) is 3.52. The van der Waals surface area contributed by atoms with Gasteiger partial charge in [-0.15, -0.1) is 11.3 Å². The number of nitrogens with zero attached hydrogens (tertiary/aromatic N) is 3. The van der Waals surface area contributed by atoms with Gasteiger partial charge in [-0.25, -0.2) is 0 Å². The molecule has 22 heavy (non-hydrogen) atoms. The quantitative estimate of drug-likeness (QED) is 0.847. The third-order valence-corrected chi connectivity index (χ3v) is 4.97. The molecule has 1 amide bonds. The maximum atomic E-state index is 12.4. The van der Waals surface area contributed by atoms with Gasteiger partial charge in [-0.1, -0.05) is 0 Å². The predicted octanol–water partition coefficient (Wildman–Crippen LogP) is 1.67. The number of hydrogen-bond donors (Lipinski definition) is 0. The fourth-order valence-electron chi connectivity index (χ4n) is 2.63. The first-order valence-corrected chi connectivity index (χ1v) is 7.91. The molecule has 0 radical (unpaired) electrons. The lowest BCUT2D eigenvalue weighted by Gasteiger charge is -2.27. The van der Waals surface area contributed by atoms with Crippen LogP contribution in [0.4, 0.5) is 0 Å². The Bertz CT molecular complexity index is 829. The van der Waals surface area contributed by atoms with E-state index >= 15 is 0 Å². The first kappa shape index (κ1) is 14.5. The topological polar surface area (TPSA) is 66.1 Å². The van der Waals surface area contributed by atoms with E-state index in [-0.39, 0.29) is 18.0 Å². The molecule has 0 aliphatic carbocycles. The summed E-state index contributed by atoms with van der Waals surface area (Å²) in [6, 6.07) is 5.65. The molecule has 1 aliphatic heterocycles. The van der Waals surface area contributed by atoms with Crippen molar-refractivity contribution < 1.29 is 4.79 Å². The number of hydrogen-bond acceptors (Lipinski definition) is 4. The smallest absolute Gasteiger partial charge is 0.269 e. The Labute approximate surface area is 132 Å². The minimum atomic E-state index is -0.399. The van der Waals surface area contributed by atoms with Gasteiger partial charge in [-0.3, -0.25) is 9.59 Å². The third kappa shape index (κ3) is 2.55. The van der Waals surface area contributed by atoms with Gasteiger partial charge in [-0.05, 0) is 42.0 Å². The zero-order valence-corrected chi connectivity index (χ0v) is 13.0. The van der Waals surface area contributed by atoms with Crippen LogP contribution in [0.25, 0.3) is 0 Å². The largest absolute Gasteiger partial charge is 0.336 e. The molecule has 0 atom stereocenters. The van der Waals surface area contributed by atoms with Gasteiger partial charge in [0, 0.05) is 24.2 Å². The molecule has 6 heteroatoms. The summed E-state index contributed by atoms with van der Waals surface area (Å²) in [6.45, 7) is 2.98. The van der Waals surface area contributed by atoms with Gasteiger partial charge in [-0.2, -0.15) is 5.26 Å². The highest BCUT2D eigenvalue weighted by molar-refractivity contribution is 7.10. The number of carbonyl (C=O) groups excluding carboxylic acids is 1. The molecule has 1 aliphatic rings. The highest BCUT2D eigenvalue weighted by Gasteiger charge is 2.22. The molecule has 0 saturated heterocycles. The second kappa shape index (κ2) is 5.78. The van der Waals surface area contributed by atoms with Crippen LogP contribution in [-0.4, -0.2) is 21.9 Å². The molecule has 112 valence electrons. The number of rotatable bonds is 2. The van der Waals surface area contributed by atoms with Crippen molar-refractivity contribution in [2.45, 2.75) is 26.4 Å². The molecule has 0 fully saturated rings. The zero-order chi connectivity index (χ0) is 15.7. The first-order chi connectivity index (χ1) is 10.6. The Morgan fingerprint density at radius 3 is 3.05 bits per heavy atom. The summed E-state index contributed by atoms with van der Waals surface area (Å²) in [5.41, 5.74) is 1.54. The minimum absolute atomic E-state index is 0.0206. The van der Waals surface area contributed by atoms with E-state index in [2.05, 4.69) is 0 Å². The van der Waals surface area contributed by atoms with Gasteiger partial charge in [0.2, 0.25) is 5.91 Å². The van der Waals surface area contributed by atoms with Gasteiger partial charge < -0.3 is 9.47 Å². The van der Waals surface area contributed by atoms with E-state index in [1.165, 1.54) is 15.0 Å². The van der Waals surface area contributed by atoms with Crippen molar-refractivity contribution in [1.29, 1.82) is 5.26 Å². The first-order valence-electron chi connectivity index (χ1n) is 7.03. The maximum Gasteiger partial charge on any atom is 0.269 e. The Kier molecular flexibility index (Phi) is 3.82. The lowest BCUT2D eigenvalue weighted by Crippen LogP contribution is -2.39. The summed E-state index contributed by atoms with van der Waals surface area (Å²) in [5.74, 6) is -0.0910. The number of carbonyl (C=O) groups is 1. The van der Waals surface area contributed by atoms with E-state index in [0.717, 1.165) is 6.42 Å². The van der Waals surface area contributed by atoms with Crippen LogP contribution in [0, 0.1) is 18.3 Å². The summed E-state index contributed by atoms with van der Waals surface area (Å²) in [7, 11) is 0. The number of fused-ring (bicyclic) bond motifs is 1. The SMILES string of the molecule is Cc1ccn(CC(=O)N2CCc3sccc3C2)c(=O)c1C#N. The van der Waals surface area contributed by atoms with Crippen LogP contribution in [-0.2, 0) is 24.3 Å². The van der Waals surface area contributed by atoms with Crippen LogP contribution >= 0.6 is 11.3 Å². The predicted molar refractivity (Wildman–Crippen MR) is 83.6 cm³/mol. The van der Waals surface area contributed by atoms with Crippen molar-refractivity contribution in [3.8, 4) is 6.07 Å². The molecule has 0 aromatic carbocycles. The van der Waals surface area contributed by atoms with Crippen LogP contribution in [0.2, 0.25) is 0 Å². The lowest BCUT2D eigenvalue weighted by atomic mass is 10.1. The number of nitriles is 1. The van der Waals surface area contributed by atoms with Crippen molar-refractivity contribution >= 4 is 17.2 Å². The van der Waals surface area contributed by atoms with E-state index in [0.29, 0.717) is 18.7 Å². The molecule has 0 saturated carbocycles. The fraction of sp³-hybridized carbons (Fsp3) is 0.312. The highest BCUT2D eigenvalue weighted by Crippen LogP contribution is 2.24. The number of amides is 1. The average molecular weight is 313 g/mol. The van der Waals surface area contributed by atoms with E-state index < -0.39 is 5.56 Å². The Balaban J connectivity index is 1.79. The monoisotopic (exact) mass is 313 g/mol. The Hall–Kier alpha value is -2.39. The lowest BCUT2D eigenvalue weighted by molar-refractivity contribution is -0.132. The second-order valence-electron chi connectivity index (χ2n) is 5.35. The number of pyridine rings is 1. The molecule has 0 spiro atoms. The minimum Gasteiger partial charge on any atom is -0.336 e. The van der Waals surface area contributed by atoms with Crippen LogP contribution < -0.4 is 5.56 Å². The summed E-state index contributed by atoms with van der Waals surface area (Å²) < 4.78 is 1.32. The van der Waals surface area contributed by atoms with Gasteiger partial charge in [0.15, 0.2) is 0 Å². The molecule has 0 bridgehead atoms. The van der Waals surface area contributed by atoms with Crippen LogP contribution in [0.5, 0.6) is 0 Å². The molecule has 3 heterocycles. The van der Waals surface area contributed by atoms with E-state index in [4.69, 9.17) is 5.26 Å². The van der Waals surface area contributed by atoms with Crippen molar-refractivity contribution in [2.75, 3.05) is 6.54 Å². The Morgan fingerprint density at radius 2 is 2.27 bits per heavy atom. The summed E-state index contributed by atoms with van der Waals surface area (Å²) >= 11 is 1.72. The number of aryl methyl sites for hydroxylation is 1. The molecule has 2 aromatic heterocycles. The van der Waals surface area contributed by atoms with Gasteiger partial charge in [0.25, 0.3) is 5.56 Å². The van der Waals surface area contributed by atoms with E-state index in [1.54, 1.807) is 35.4 Å². The molecule has 0 unspecified atom stereocenters. The van der Waals surface area contributed by atoms with E-state index in [9.17, 15) is 9.59 Å². The highest BCUT2D eigenvalue weighted by atomic mass is 32.1. The molecule has 2 aromatic rings. The van der Waals surface area contributed by atoms with Crippen LogP contribution in [0.3, 0.4) is 0 Å². The average Bonchev–Trinajstić information content (AvgIpc) is 2.98. The van der Waals surface area contributed by atoms with Gasteiger partial charge in [0.05, 0.1) is 0 Å². The van der Waals surface area contributed by atoms with Crippen molar-refractivity contribution in [1.82, 2.24) is 9.47 Å². The van der Waals surface area contributed by atoms with Gasteiger partial charge >= 0.3 is 0 Å². The van der Waals surface area contributed by atoms with Crippen molar-refractivity contribution in [3.05, 3.63) is 55.6 Å². The summed E-state index contributed by atoms with van der Waals surface area (Å²) in [5, 5.41) is 11.1. The second-order valence-corrected chi connectivity index (χ2v) is 6.35.